The van der Waals surface area contributed by atoms with Crippen molar-refractivity contribution in [2.24, 2.45) is 39.4 Å². The van der Waals surface area contributed by atoms with E-state index >= 15 is 0 Å². The molecule has 4 aliphatic carbocycles. The minimum Gasteiger partial charge on any atom is -0.392 e. The summed E-state index contributed by atoms with van der Waals surface area (Å²) < 4.78 is 12.1. The lowest BCUT2D eigenvalue weighted by Crippen LogP contribution is -2.65. The quantitative estimate of drug-likeness (QED) is 0.416. The summed E-state index contributed by atoms with van der Waals surface area (Å²) in [5.74, 6) is 1.29. The van der Waals surface area contributed by atoms with Crippen molar-refractivity contribution < 1.29 is 19.4 Å². The van der Waals surface area contributed by atoms with Gasteiger partial charge in [-0.3, -0.25) is 4.79 Å². The molecule has 0 amide bonds. The largest absolute Gasteiger partial charge is 0.392 e. The van der Waals surface area contributed by atoms with Crippen molar-refractivity contribution in [3.63, 3.8) is 0 Å². The monoisotopic (exact) mass is 498 g/mol. The molecule has 1 N–H and O–H groups in total. The molecule has 4 fully saturated rings. The molecule has 202 valence electrons. The van der Waals surface area contributed by atoms with E-state index in [0.29, 0.717) is 30.6 Å². The number of hydrogen-bond acceptors (Lipinski definition) is 4. The van der Waals surface area contributed by atoms with E-state index in [-0.39, 0.29) is 51.5 Å². The van der Waals surface area contributed by atoms with Crippen molar-refractivity contribution in [1.29, 1.82) is 0 Å². The number of carbonyl (C=O) groups is 1. The van der Waals surface area contributed by atoms with Crippen molar-refractivity contribution in [2.45, 2.75) is 125 Å². The Labute approximate surface area is 219 Å². The number of aliphatic hydroxyl groups is 1. The zero-order chi connectivity index (χ0) is 26.5. The average Bonchev–Trinajstić information content (AvgIpc) is 3.27. The molecule has 1 heterocycles. The zero-order valence-electron chi connectivity index (χ0n) is 24.2. The minimum atomic E-state index is -0.370. The van der Waals surface area contributed by atoms with E-state index in [2.05, 4.69) is 74.5 Å². The van der Waals surface area contributed by atoms with Crippen LogP contribution in [0.1, 0.15) is 101 Å². The first-order valence-electron chi connectivity index (χ1n) is 14.6. The maximum absolute atomic E-state index is 12.9. The van der Waals surface area contributed by atoms with E-state index in [4.69, 9.17) is 9.47 Å². The van der Waals surface area contributed by atoms with Crippen LogP contribution in [0.25, 0.3) is 0 Å². The standard InChI is InChI=1S/C32H50O4/c1-10-35-23(27-29(5,6)36-27)17-19(2)20-11-15-31(8)21(20)18-22(33)26-30(7)14-13-25(34)28(3,4)24(30)12-16-32(26,31)9/h11,15,19,22-24,26-27,33H,10,12-14,16-18H2,1-9H3/t19?,22?,23?,24-,26-,27?,30-,31-,32-/m0/s1. The number of Topliss-reactive ketones (excluding diaryl/α,β-unsaturated/α-hetero) is 1. The molecule has 9 atom stereocenters. The van der Waals surface area contributed by atoms with Crippen LogP contribution in [0, 0.1) is 39.4 Å². The van der Waals surface area contributed by atoms with E-state index in [0.717, 1.165) is 32.1 Å². The van der Waals surface area contributed by atoms with Gasteiger partial charge in [-0.15, -0.1) is 0 Å². The second-order valence-electron chi connectivity index (χ2n) is 14.7. The zero-order valence-corrected chi connectivity index (χ0v) is 24.2. The van der Waals surface area contributed by atoms with Crippen LogP contribution in [-0.2, 0) is 14.3 Å². The molecule has 5 rings (SSSR count). The number of fused-ring (bicyclic) bond motifs is 5. The van der Waals surface area contributed by atoms with E-state index in [1.54, 1.807) is 0 Å². The molecule has 5 aliphatic rings. The first kappa shape index (κ1) is 26.6. The average molecular weight is 499 g/mol. The molecule has 36 heavy (non-hydrogen) atoms. The summed E-state index contributed by atoms with van der Waals surface area (Å²) >= 11 is 0. The summed E-state index contributed by atoms with van der Waals surface area (Å²) in [4.78, 5) is 12.9. The summed E-state index contributed by atoms with van der Waals surface area (Å²) in [6.07, 6.45) is 10.1. The minimum absolute atomic E-state index is 0.0183. The smallest absolute Gasteiger partial charge is 0.138 e. The maximum Gasteiger partial charge on any atom is 0.138 e. The van der Waals surface area contributed by atoms with Gasteiger partial charge in [0.15, 0.2) is 0 Å². The second kappa shape index (κ2) is 8.26. The van der Waals surface area contributed by atoms with Crippen LogP contribution in [0.2, 0.25) is 0 Å². The molecule has 4 unspecified atom stereocenters. The number of aliphatic hydroxyl groups excluding tert-OH is 1. The fourth-order valence-corrected chi connectivity index (χ4v) is 9.93. The number of ketones is 1. The molecule has 1 saturated heterocycles. The van der Waals surface area contributed by atoms with Crippen molar-refractivity contribution in [3.8, 4) is 0 Å². The van der Waals surface area contributed by atoms with Gasteiger partial charge in [-0.2, -0.15) is 0 Å². The molecular formula is C32H50O4. The van der Waals surface area contributed by atoms with Gasteiger partial charge in [-0.25, -0.2) is 0 Å². The first-order chi connectivity index (χ1) is 16.6. The molecule has 0 spiro atoms. The summed E-state index contributed by atoms with van der Waals surface area (Å²) in [5, 5.41) is 11.9. The summed E-state index contributed by atoms with van der Waals surface area (Å²) in [7, 11) is 0. The van der Waals surface area contributed by atoms with Crippen LogP contribution in [0.3, 0.4) is 0 Å². The van der Waals surface area contributed by atoms with E-state index in [1.807, 2.05) is 0 Å². The number of carbonyl (C=O) groups excluding carboxylic acids is 1. The lowest BCUT2D eigenvalue weighted by molar-refractivity contribution is -0.201. The Kier molecular flexibility index (Phi) is 6.11. The molecule has 0 aromatic carbocycles. The lowest BCUT2D eigenvalue weighted by Gasteiger charge is -2.68. The third kappa shape index (κ3) is 3.53. The molecule has 0 bridgehead atoms. The molecule has 0 aromatic heterocycles. The lowest BCUT2D eigenvalue weighted by atomic mass is 9.36. The highest BCUT2D eigenvalue weighted by molar-refractivity contribution is 5.85. The van der Waals surface area contributed by atoms with Crippen LogP contribution in [0.5, 0.6) is 0 Å². The first-order valence-corrected chi connectivity index (χ1v) is 14.6. The topological polar surface area (TPSA) is 59.1 Å². The third-order valence-corrected chi connectivity index (χ3v) is 12.1. The van der Waals surface area contributed by atoms with Crippen molar-refractivity contribution >= 4 is 5.78 Å². The molecular weight excluding hydrogens is 448 g/mol. The molecule has 0 aromatic rings. The van der Waals surface area contributed by atoms with Gasteiger partial charge in [0.1, 0.15) is 11.9 Å². The van der Waals surface area contributed by atoms with Gasteiger partial charge in [-0.1, -0.05) is 59.3 Å². The maximum atomic E-state index is 12.9. The highest BCUT2D eigenvalue weighted by Gasteiger charge is 2.68. The van der Waals surface area contributed by atoms with Gasteiger partial charge in [-0.05, 0) is 87.0 Å². The Morgan fingerprint density at radius 3 is 2.42 bits per heavy atom. The predicted molar refractivity (Wildman–Crippen MR) is 143 cm³/mol. The fourth-order valence-electron chi connectivity index (χ4n) is 9.93. The van der Waals surface area contributed by atoms with Gasteiger partial charge in [0.2, 0.25) is 0 Å². The molecule has 3 saturated carbocycles. The highest BCUT2D eigenvalue weighted by Crippen LogP contribution is 2.73. The second-order valence-corrected chi connectivity index (χ2v) is 14.7. The van der Waals surface area contributed by atoms with Crippen LogP contribution >= 0.6 is 0 Å². The van der Waals surface area contributed by atoms with Crippen LogP contribution in [0.4, 0.5) is 0 Å². The van der Waals surface area contributed by atoms with E-state index < -0.39 is 0 Å². The molecule has 4 nitrogen and oxygen atoms in total. The Bertz CT molecular complexity index is 990. The van der Waals surface area contributed by atoms with Gasteiger partial charge < -0.3 is 14.6 Å². The summed E-state index contributed by atoms with van der Waals surface area (Å²) in [6.45, 7) is 21.0. The van der Waals surface area contributed by atoms with Gasteiger partial charge in [0.25, 0.3) is 0 Å². The Morgan fingerprint density at radius 2 is 1.81 bits per heavy atom. The van der Waals surface area contributed by atoms with Crippen LogP contribution in [0.15, 0.2) is 23.3 Å². The van der Waals surface area contributed by atoms with Crippen LogP contribution in [-0.4, -0.2) is 41.4 Å². The fraction of sp³-hybridized carbons (Fsp3) is 0.844. The number of allylic oxidation sites excluding steroid dienone is 3. The molecule has 4 heteroatoms. The number of ether oxygens (including phenoxy) is 2. The number of epoxide rings is 1. The van der Waals surface area contributed by atoms with Crippen LogP contribution < -0.4 is 0 Å². The third-order valence-electron chi connectivity index (χ3n) is 12.1. The van der Waals surface area contributed by atoms with Crippen molar-refractivity contribution in [1.82, 2.24) is 0 Å². The van der Waals surface area contributed by atoms with Gasteiger partial charge in [0.05, 0.1) is 17.8 Å². The number of rotatable bonds is 6. The molecule has 1 aliphatic heterocycles. The van der Waals surface area contributed by atoms with Crippen molar-refractivity contribution in [3.05, 3.63) is 23.3 Å². The normalized spacial score (nSPS) is 46.1. The Hall–Kier alpha value is -0.970. The SMILES string of the molecule is CCOC(CC(C)C1=C2CC(O)[C@H]3[C@@]4(C)CCC(=O)C(C)(C)[C@@H]4CC[C@]3(C)[C@@]2(C)C=C1)C1OC1(C)C. The summed E-state index contributed by atoms with van der Waals surface area (Å²) in [5.41, 5.74) is 2.35. The molecule has 0 radical (unpaired) electrons. The van der Waals surface area contributed by atoms with E-state index in [1.165, 1.54) is 11.1 Å². The highest BCUT2D eigenvalue weighted by atomic mass is 16.6. The number of hydrogen-bond donors (Lipinski definition) is 1. The van der Waals surface area contributed by atoms with Crippen molar-refractivity contribution in [2.75, 3.05) is 6.61 Å². The summed E-state index contributed by atoms with van der Waals surface area (Å²) in [6, 6.07) is 0. The van der Waals surface area contributed by atoms with E-state index in [9.17, 15) is 9.90 Å². The Balaban J connectivity index is 1.47. The predicted octanol–water partition coefficient (Wildman–Crippen LogP) is 6.66. The Morgan fingerprint density at radius 1 is 1.14 bits per heavy atom. The van der Waals surface area contributed by atoms with Gasteiger partial charge >= 0.3 is 0 Å². The van der Waals surface area contributed by atoms with Gasteiger partial charge in [0, 0.05) is 23.9 Å².